The Balaban J connectivity index is 2.95. The van der Waals surface area contributed by atoms with Gasteiger partial charge in [0.25, 0.3) is 0 Å². The standard InChI is InChI=1S/C11H22N2O4S/c1-8-5-3-4-6-11(8,7-12)13-18(16,17)9(2)10(14)15/h8-9,13H,3-7,12H2,1-2H3,(H,14,15). The third-order valence-corrected chi connectivity index (χ3v) is 5.80. The fraction of sp³-hybridized carbons (Fsp3) is 0.909. The van der Waals surface area contributed by atoms with Gasteiger partial charge in [0, 0.05) is 12.1 Å². The Kier molecular flexibility index (Phi) is 4.74. The van der Waals surface area contributed by atoms with Crippen molar-refractivity contribution in [2.45, 2.75) is 50.3 Å². The van der Waals surface area contributed by atoms with Crippen LogP contribution in [0.2, 0.25) is 0 Å². The maximum Gasteiger partial charge on any atom is 0.323 e. The van der Waals surface area contributed by atoms with Crippen LogP contribution in [0.3, 0.4) is 0 Å². The molecular weight excluding hydrogens is 256 g/mol. The molecule has 1 fully saturated rings. The molecule has 6 nitrogen and oxygen atoms in total. The highest BCUT2D eigenvalue weighted by atomic mass is 32.2. The molecule has 0 bridgehead atoms. The van der Waals surface area contributed by atoms with Gasteiger partial charge in [0.15, 0.2) is 5.25 Å². The predicted molar refractivity (Wildman–Crippen MR) is 68.6 cm³/mol. The molecule has 3 atom stereocenters. The van der Waals surface area contributed by atoms with E-state index in [2.05, 4.69) is 4.72 Å². The van der Waals surface area contributed by atoms with Crippen LogP contribution < -0.4 is 10.5 Å². The van der Waals surface area contributed by atoms with E-state index >= 15 is 0 Å². The lowest BCUT2D eigenvalue weighted by Crippen LogP contribution is -2.60. The van der Waals surface area contributed by atoms with Crippen LogP contribution in [0.4, 0.5) is 0 Å². The van der Waals surface area contributed by atoms with Crippen LogP contribution in [0.1, 0.15) is 39.5 Å². The number of carbonyl (C=O) groups is 1. The molecule has 1 rings (SSSR count). The summed E-state index contributed by atoms with van der Waals surface area (Å²) in [6, 6.07) is 0. The van der Waals surface area contributed by atoms with Gasteiger partial charge in [0.2, 0.25) is 10.0 Å². The van der Waals surface area contributed by atoms with E-state index in [1.807, 2.05) is 6.92 Å². The molecule has 0 aromatic carbocycles. The molecule has 3 unspecified atom stereocenters. The zero-order chi connectivity index (χ0) is 14.0. The van der Waals surface area contributed by atoms with Crippen molar-refractivity contribution < 1.29 is 18.3 Å². The summed E-state index contributed by atoms with van der Waals surface area (Å²) in [5.41, 5.74) is 5.04. The summed E-state index contributed by atoms with van der Waals surface area (Å²) >= 11 is 0. The Morgan fingerprint density at radius 3 is 2.61 bits per heavy atom. The minimum atomic E-state index is -3.89. The first-order valence-corrected chi connectivity index (χ1v) is 7.75. The molecule has 4 N–H and O–H groups in total. The maximum absolute atomic E-state index is 12.0. The van der Waals surface area contributed by atoms with Crippen LogP contribution >= 0.6 is 0 Å². The van der Waals surface area contributed by atoms with Crippen LogP contribution in [-0.2, 0) is 14.8 Å². The lowest BCUT2D eigenvalue weighted by atomic mass is 9.74. The van der Waals surface area contributed by atoms with E-state index in [0.29, 0.717) is 6.42 Å². The zero-order valence-electron chi connectivity index (χ0n) is 10.8. The molecule has 1 aliphatic rings. The lowest BCUT2D eigenvalue weighted by Gasteiger charge is -2.42. The number of carboxylic acid groups (broad SMARTS) is 1. The van der Waals surface area contributed by atoms with Crippen molar-refractivity contribution in [2.24, 2.45) is 11.7 Å². The van der Waals surface area contributed by atoms with Crippen molar-refractivity contribution >= 4 is 16.0 Å². The number of nitrogens with one attached hydrogen (secondary N) is 1. The Bertz CT molecular complexity index is 409. The van der Waals surface area contributed by atoms with Crippen LogP contribution in [-0.4, -0.2) is 36.8 Å². The second kappa shape index (κ2) is 5.54. The normalized spacial score (nSPS) is 30.9. The molecule has 0 heterocycles. The van der Waals surface area contributed by atoms with E-state index < -0.39 is 26.8 Å². The molecule has 0 amide bonds. The Morgan fingerprint density at radius 2 is 2.17 bits per heavy atom. The third kappa shape index (κ3) is 3.02. The summed E-state index contributed by atoms with van der Waals surface area (Å²) in [4.78, 5) is 10.8. The third-order valence-electron chi connectivity index (χ3n) is 3.98. The first kappa shape index (κ1) is 15.4. The smallest absolute Gasteiger partial charge is 0.323 e. The Hall–Kier alpha value is -0.660. The van der Waals surface area contributed by atoms with Crippen LogP contribution in [0, 0.1) is 5.92 Å². The van der Waals surface area contributed by atoms with Crippen molar-refractivity contribution in [3.63, 3.8) is 0 Å². The zero-order valence-corrected chi connectivity index (χ0v) is 11.7. The van der Waals surface area contributed by atoms with Crippen molar-refractivity contribution in [1.29, 1.82) is 0 Å². The SMILES string of the molecule is CC1CCCCC1(CN)NS(=O)(=O)C(C)C(=O)O. The van der Waals surface area contributed by atoms with Gasteiger partial charge < -0.3 is 10.8 Å². The summed E-state index contributed by atoms with van der Waals surface area (Å²) in [5.74, 6) is -1.23. The average molecular weight is 278 g/mol. The summed E-state index contributed by atoms with van der Waals surface area (Å²) < 4.78 is 26.6. The van der Waals surface area contributed by atoms with Gasteiger partial charge in [-0.2, -0.15) is 0 Å². The number of hydrogen-bond donors (Lipinski definition) is 3. The fourth-order valence-electron chi connectivity index (χ4n) is 2.41. The molecule has 7 heteroatoms. The van der Waals surface area contributed by atoms with Crippen molar-refractivity contribution in [2.75, 3.05) is 6.54 Å². The molecule has 0 radical (unpaired) electrons. The van der Waals surface area contributed by atoms with Crippen LogP contribution in [0.25, 0.3) is 0 Å². The molecule has 1 saturated carbocycles. The van der Waals surface area contributed by atoms with Gasteiger partial charge in [-0.1, -0.05) is 19.8 Å². The average Bonchev–Trinajstić information content (AvgIpc) is 2.30. The van der Waals surface area contributed by atoms with E-state index in [4.69, 9.17) is 10.8 Å². The van der Waals surface area contributed by atoms with E-state index in [1.54, 1.807) is 0 Å². The predicted octanol–water partition coefficient (Wildman–Crippen LogP) is 0.287. The van der Waals surface area contributed by atoms with E-state index in [-0.39, 0.29) is 12.5 Å². The second-order valence-electron chi connectivity index (χ2n) is 5.13. The molecular formula is C11H22N2O4S. The summed E-state index contributed by atoms with van der Waals surface area (Å²) in [7, 11) is -3.89. The van der Waals surface area contributed by atoms with Crippen molar-refractivity contribution in [3.05, 3.63) is 0 Å². The van der Waals surface area contributed by atoms with Gasteiger partial charge in [-0.25, -0.2) is 13.1 Å². The first-order valence-electron chi connectivity index (χ1n) is 6.21. The molecule has 0 aromatic heterocycles. The summed E-state index contributed by atoms with van der Waals surface area (Å²) in [6.07, 6.45) is 3.53. The fourth-order valence-corrected chi connectivity index (χ4v) is 3.81. The number of rotatable bonds is 5. The van der Waals surface area contributed by atoms with Gasteiger partial charge in [0.1, 0.15) is 0 Å². The maximum atomic E-state index is 12.0. The Labute approximate surface area is 108 Å². The van der Waals surface area contributed by atoms with Gasteiger partial charge in [-0.05, 0) is 25.7 Å². The van der Waals surface area contributed by atoms with Gasteiger partial charge in [0.05, 0.1) is 0 Å². The van der Waals surface area contributed by atoms with Crippen LogP contribution in [0.15, 0.2) is 0 Å². The minimum Gasteiger partial charge on any atom is -0.480 e. The second-order valence-corrected chi connectivity index (χ2v) is 7.14. The largest absolute Gasteiger partial charge is 0.480 e. The number of carboxylic acids is 1. The monoisotopic (exact) mass is 278 g/mol. The quantitative estimate of drug-likeness (QED) is 0.669. The Morgan fingerprint density at radius 1 is 1.56 bits per heavy atom. The number of nitrogens with two attached hydrogens (primary N) is 1. The molecule has 0 aliphatic heterocycles. The van der Waals surface area contributed by atoms with Crippen LogP contribution in [0.5, 0.6) is 0 Å². The van der Waals surface area contributed by atoms with Gasteiger partial charge >= 0.3 is 5.97 Å². The summed E-state index contributed by atoms with van der Waals surface area (Å²) in [5, 5.41) is 7.36. The van der Waals surface area contributed by atoms with Gasteiger partial charge in [-0.15, -0.1) is 0 Å². The minimum absolute atomic E-state index is 0.118. The highest BCUT2D eigenvalue weighted by Crippen LogP contribution is 2.33. The highest BCUT2D eigenvalue weighted by Gasteiger charge is 2.42. The molecule has 0 saturated heterocycles. The number of sulfonamides is 1. The topological polar surface area (TPSA) is 109 Å². The van der Waals surface area contributed by atoms with Gasteiger partial charge in [-0.3, -0.25) is 4.79 Å². The molecule has 0 spiro atoms. The number of aliphatic carboxylic acids is 1. The molecule has 106 valence electrons. The van der Waals surface area contributed by atoms with Crippen molar-refractivity contribution in [3.8, 4) is 0 Å². The van der Waals surface area contributed by atoms with E-state index in [0.717, 1.165) is 19.3 Å². The number of hydrogen-bond acceptors (Lipinski definition) is 4. The van der Waals surface area contributed by atoms with Crippen molar-refractivity contribution in [1.82, 2.24) is 4.72 Å². The lowest BCUT2D eigenvalue weighted by molar-refractivity contribution is -0.136. The highest BCUT2D eigenvalue weighted by molar-refractivity contribution is 7.90. The molecule has 18 heavy (non-hydrogen) atoms. The van der Waals surface area contributed by atoms with E-state index in [1.165, 1.54) is 6.92 Å². The van der Waals surface area contributed by atoms with E-state index in [9.17, 15) is 13.2 Å². The molecule has 1 aliphatic carbocycles. The molecule has 0 aromatic rings. The first-order chi connectivity index (χ1) is 8.25. The summed E-state index contributed by atoms with van der Waals surface area (Å²) in [6.45, 7) is 3.32.